The van der Waals surface area contributed by atoms with E-state index < -0.39 is 0 Å². The third-order valence-corrected chi connectivity index (χ3v) is 3.01. The highest BCUT2D eigenvalue weighted by molar-refractivity contribution is 9.10. The Balaban J connectivity index is 2.65. The van der Waals surface area contributed by atoms with Crippen molar-refractivity contribution in [3.05, 3.63) is 20.8 Å². The first-order valence-corrected chi connectivity index (χ1v) is 4.64. The number of rotatable bonds is 2. The average molecular weight is 234 g/mol. The lowest BCUT2D eigenvalue weighted by atomic mass is 10.5. The Kier molecular flexibility index (Phi) is 2.90. The number of thiophene rings is 1. The molecule has 0 aliphatic heterocycles. The molecule has 0 saturated heterocycles. The fraction of sp³-hybridized carbons (Fsp3) is 0.167. The summed E-state index contributed by atoms with van der Waals surface area (Å²) in [4.78, 5) is 5.02. The summed E-state index contributed by atoms with van der Waals surface area (Å²) in [6.45, 7) is 0.556. The largest absolute Gasteiger partial charge is 0.370 e. The molecule has 0 atom stereocenters. The van der Waals surface area contributed by atoms with E-state index in [4.69, 9.17) is 11.5 Å². The molecular formula is C6H8BrN3S. The van der Waals surface area contributed by atoms with Gasteiger partial charge in [-0.3, -0.25) is 0 Å². The summed E-state index contributed by atoms with van der Waals surface area (Å²) in [6.07, 6.45) is 0. The van der Waals surface area contributed by atoms with E-state index >= 15 is 0 Å². The SMILES string of the molecule is NC(N)=NCc1sccc1Br. The molecule has 0 aromatic carbocycles. The number of nitrogens with zero attached hydrogens (tertiary/aromatic N) is 1. The molecule has 0 bridgehead atoms. The van der Waals surface area contributed by atoms with Gasteiger partial charge in [-0.15, -0.1) is 11.3 Å². The first kappa shape index (κ1) is 8.55. The molecule has 0 amide bonds. The molecule has 5 heteroatoms. The zero-order valence-corrected chi connectivity index (χ0v) is 8.15. The Hall–Kier alpha value is -0.550. The van der Waals surface area contributed by atoms with E-state index in [1.54, 1.807) is 11.3 Å². The Labute approximate surface area is 77.2 Å². The number of aliphatic imine (C=N–C) groups is 1. The molecule has 60 valence electrons. The van der Waals surface area contributed by atoms with Crippen molar-refractivity contribution in [2.45, 2.75) is 6.54 Å². The van der Waals surface area contributed by atoms with E-state index in [0.717, 1.165) is 9.35 Å². The molecule has 3 nitrogen and oxygen atoms in total. The maximum atomic E-state index is 5.18. The van der Waals surface area contributed by atoms with Crippen molar-refractivity contribution in [1.82, 2.24) is 0 Å². The molecule has 0 spiro atoms. The van der Waals surface area contributed by atoms with Crippen LogP contribution in [0.25, 0.3) is 0 Å². The fourth-order valence-corrected chi connectivity index (χ4v) is 2.00. The quantitative estimate of drug-likeness (QED) is 0.598. The minimum absolute atomic E-state index is 0.130. The van der Waals surface area contributed by atoms with Crippen LogP contribution in [-0.2, 0) is 6.54 Å². The van der Waals surface area contributed by atoms with Gasteiger partial charge in [0.1, 0.15) is 0 Å². The molecule has 0 fully saturated rings. The number of nitrogens with two attached hydrogens (primary N) is 2. The molecule has 0 aliphatic rings. The van der Waals surface area contributed by atoms with Crippen LogP contribution in [-0.4, -0.2) is 5.96 Å². The standard InChI is InChI=1S/C6H8BrN3S/c7-4-1-2-11-5(4)3-10-6(8)9/h1-2H,3H2,(H4,8,9,10). The predicted molar refractivity (Wildman–Crippen MR) is 51.5 cm³/mol. The number of hydrogen-bond acceptors (Lipinski definition) is 2. The molecule has 1 aromatic heterocycles. The Morgan fingerprint density at radius 1 is 1.64 bits per heavy atom. The molecule has 1 heterocycles. The van der Waals surface area contributed by atoms with Crippen LogP contribution < -0.4 is 11.5 Å². The van der Waals surface area contributed by atoms with Crippen LogP contribution in [0.1, 0.15) is 4.88 Å². The zero-order valence-electron chi connectivity index (χ0n) is 5.75. The monoisotopic (exact) mass is 233 g/mol. The minimum Gasteiger partial charge on any atom is -0.370 e. The minimum atomic E-state index is 0.130. The summed E-state index contributed by atoms with van der Waals surface area (Å²) < 4.78 is 1.06. The summed E-state index contributed by atoms with van der Waals surface area (Å²) in [6, 6.07) is 1.97. The second-order valence-electron chi connectivity index (χ2n) is 1.93. The topological polar surface area (TPSA) is 64.4 Å². The smallest absolute Gasteiger partial charge is 0.186 e. The number of guanidine groups is 1. The highest BCUT2D eigenvalue weighted by Gasteiger charge is 1.98. The first-order valence-electron chi connectivity index (χ1n) is 2.97. The summed E-state index contributed by atoms with van der Waals surface area (Å²) in [5.41, 5.74) is 10.4. The van der Waals surface area contributed by atoms with Crippen molar-refractivity contribution in [2.24, 2.45) is 16.5 Å². The first-order chi connectivity index (χ1) is 5.20. The van der Waals surface area contributed by atoms with Gasteiger partial charge in [-0.25, -0.2) is 4.99 Å². The molecule has 0 unspecified atom stereocenters. The summed E-state index contributed by atoms with van der Waals surface area (Å²) in [7, 11) is 0. The summed E-state index contributed by atoms with van der Waals surface area (Å²) in [5.74, 6) is 0.130. The van der Waals surface area contributed by atoms with Gasteiger partial charge < -0.3 is 11.5 Å². The lowest BCUT2D eigenvalue weighted by Crippen LogP contribution is -2.22. The van der Waals surface area contributed by atoms with Gasteiger partial charge >= 0.3 is 0 Å². The molecule has 0 saturated carbocycles. The van der Waals surface area contributed by atoms with Gasteiger partial charge in [-0.05, 0) is 27.4 Å². The zero-order chi connectivity index (χ0) is 8.27. The van der Waals surface area contributed by atoms with Gasteiger partial charge in [0.05, 0.1) is 6.54 Å². The Morgan fingerprint density at radius 3 is 2.82 bits per heavy atom. The van der Waals surface area contributed by atoms with Gasteiger partial charge in [0.2, 0.25) is 0 Å². The van der Waals surface area contributed by atoms with Crippen LogP contribution in [0, 0.1) is 0 Å². The Morgan fingerprint density at radius 2 is 2.36 bits per heavy atom. The van der Waals surface area contributed by atoms with Crippen molar-refractivity contribution in [2.75, 3.05) is 0 Å². The fourth-order valence-electron chi connectivity index (χ4n) is 0.601. The van der Waals surface area contributed by atoms with Crippen LogP contribution >= 0.6 is 27.3 Å². The van der Waals surface area contributed by atoms with Crippen molar-refractivity contribution >= 4 is 33.2 Å². The molecular weight excluding hydrogens is 226 g/mol. The van der Waals surface area contributed by atoms with E-state index in [2.05, 4.69) is 20.9 Å². The van der Waals surface area contributed by atoms with Crippen molar-refractivity contribution in [3.63, 3.8) is 0 Å². The third-order valence-electron chi connectivity index (χ3n) is 1.10. The highest BCUT2D eigenvalue weighted by Crippen LogP contribution is 2.22. The summed E-state index contributed by atoms with van der Waals surface area (Å²) in [5, 5.41) is 1.99. The van der Waals surface area contributed by atoms with E-state index in [1.807, 2.05) is 11.4 Å². The van der Waals surface area contributed by atoms with E-state index in [0.29, 0.717) is 6.54 Å². The van der Waals surface area contributed by atoms with Crippen LogP contribution in [0.4, 0.5) is 0 Å². The lowest BCUT2D eigenvalue weighted by molar-refractivity contribution is 1.08. The molecule has 1 aromatic rings. The van der Waals surface area contributed by atoms with Crippen molar-refractivity contribution in [3.8, 4) is 0 Å². The Bertz CT molecular complexity index is 265. The van der Waals surface area contributed by atoms with Crippen molar-refractivity contribution in [1.29, 1.82) is 0 Å². The molecule has 0 aliphatic carbocycles. The van der Waals surface area contributed by atoms with Gasteiger partial charge in [-0.2, -0.15) is 0 Å². The molecule has 4 N–H and O–H groups in total. The van der Waals surface area contributed by atoms with Gasteiger partial charge in [0.25, 0.3) is 0 Å². The van der Waals surface area contributed by atoms with Crippen molar-refractivity contribution < 1.29 is 0 Å². The second kappa shape index (κ2) is 3.73. The van der Waals surface area contributed by atoms with Gasteiger partial charge in [-0.1, -0.05) is 0 Å². The average Bonchev–Trinajstić information content (AvgIpc) is 2.31. The molecule has 0 radical (unpaired) electrons. The third kappa shape index (κ3) is 2.51. The van der Waals surface area contributed by atoms with Crippen LogP contribution in [0.5, 0.6) is 0 Å². The molecule has 1 rings (SSSR count). The van der Waals surface area contributed by atoms with Crippen LogP contribution in [0.3, 0.4) is 0 Å². The lowest BCUT2D eigenvalue weighted by Gasteiger charge is -1.92. The molecule has 11 heavy (non-hydrogen) atoms. The van der Waals surface area contributed by atoms with Gasteiger partial charge in [0, 0.05) is 9.35 Å². The second-order valence-corrected chi connectivity index (χ2v) is 3.79. The van der Waals surface area contributed by atoms with E-state index in [9.17, 15) is 0 Å². The summed E-state index contributed by atoms with van der Waals surface area (Å²) >= 11 is 5.00. The predicted octanol–water partition coefficient (Wildman–Crippen LogP) is 1.28. The number of hydrogen-bond donors (Lipinski definition) is 2. The number of halogens is 1. The van der Waals surface area contributed by atoms with E-state index in [1.165, 1.54) is 0 Å². The van der Waals surface area contributed by atoms with Gasteiger partial charge in [0.15, 0.2) is 5.96 Å². The maximum Gasteiger partial charge on any atom is 0.186 e. The normalized spacial score (nSPS) is 9.55. The maximum absolute atomic E-state index is 5.18. The van der Waals surface area contributed by atoms with E-state index in [-0.39, 0.29) is 5.96 Å². The van der Waals surface area contributed by atoms with Crippen LogP contribution in [0.2, 0.25) is 0 Å². The van der Waals surface area contributed by atoms with Crippen LogP contribution in [0.15, 0.2) is 20.9 Å². The highest BCUT2D eigenvalue weighted by atomic mass is 79.9.